The lowest BCUT2D eigenvalue weighted by Crippen LogP contribution is -1.99. The average Bonchev–Trinajstić information content (AvgIpc) is 2.84. The number of halogens is 1. The maximum absolute atomic E-state index is 13.0. The summed E-state index contributed by atoms with van der Waals surface area (Å²) in [7, 11) is 0. The van der Waals surface area contributed by atoms with Crippen LogP contribution >= 0.6 is 23.1 Å². The van der Waals surface area contributed by atoms with Crippen molar-refractivity contribution in [1.82, 2.24) is 4.98 Å². The van der Waals surface area contributed by atoms with E-state index in [0.29, 0.717) is 17.0 Å². The lowest BCUT2D eigenvalue weighted by molar-refractivity contribution is -0.136. The molecule has 0 unspecified atom stereocenters. The van der Waals surface area contributed by atoms with Gasteiger partial charge in [0.1, 0.15) is 10.2 Å². The summed E-state index contributed by atoms with van der Waals surface area (Å²) in [6.45, 7) is 0. The van der Waals surface area contributed by atoms with Crippen LogP contribution in [0.15, 0.2) is 27.9 Å². The predicted molar refractivity (Wildman–Crippen MR) is 74.1 cm³/mol. The SMILES string of the molecule is N#Cc1cc(F)ccc1CSc1nc(CC(=O)O)cs1. The molecule has 4 nitrogen and oxygen atoms in total. The van der Waals surface area contributed by atoms with E-state index in [1.54, 1.807) is 11.4 Å². The topological polar surface area (TPSA) is 74.0 Å². The number of carbonyl (C=O) groups is 1. The number of thiazole rings is 1. The largest absolute Gasteiger partial charge is 0.481 e. The second-order valence-corrected chi connectivity index (χ2v) is 5.96. The molecule has 0 atom stereocenters. The van der Waals surface area contributed by atoms with Gasteiger partial charge in [-0.15, -0.1) is 11.3 Å². The third-order valence-corrected chi connectivity index (χ3v) is 4.53. The molecule has 0 saturated heterocycles. The second-order valence-electron chi connectivity index (χ2n) is 3.88. The first kappa shape index (κ1) is 14.5. The molecule has 0 aliphatic heterocycles. The molecule has 102 valence electrons. The lowest BCUT2D eigenvalue weighted by atomic mass is 10.1. The van der Waals surface area contributed by atoms with Crippen LogP contribution in [0.4, 0.5) is 4.39 Å². The molecule has 1 N–H and O–H groups in total. The van der Waals surface area contributed by atoms with Gasteiger partial charge in [0.2, 0.25) is 0 Å². The molecule has 0 amide bonds. The molecule has 0 fully saturated rings. The summed E-state index contributed by atoms with van der Waals surface area (Å²) in [5.41, 5.74) is 1.55. The van der Waals surface area contributed by atoms with Gasteiger partial charge in [-0.2, -0.15) is 5.26 Å². The van der Waals surface area contributed by atoms with Crippen molar-refractivity contribution in [2.45, 2.75) is 16.5 Å². The summed E-state index contributed by atoms with van der Waals surface area (Å²) in [4.78, 5) is 14.7. The Morgan fingerprint density at radius 2 is 2.35 bits per heavy atom. The van der Waals surface area contributed by atoms with Crippen LogP contribution in [0.5, 0.6) is 0 Å². The molecule has 20 heavy (non-hydrogen) atoms. The molecule has 0 radical (unpaired) electrons. The molecular formula is C13H9FN2O2S2. The van der Waals surface area contributed by atoms with Gasteiger partial charge in [0.25, 0.3) is 0 Å². The van der Waals surface area contributed by atoms with Crippen LogP contribution in [-0.4, -0.2) is 16.1 Å². The van der Waals surface area contributed by atoms with Gasteiger partial charge in [0.15, 0.2) is 0 Å². The first-order chi connectivity index (χ1) is 9.58. The van der Waals surface area contributed by atoms with Crippen LogP contribution in [0.3, 0.4) is 0 Å². The molecule has 7 heteroatoms. The van der Waals surface area contributed by atoms with E-state index in [2.05, 4.69) is 4.98 Å². The Labute approximate surface area is 122 Å². The van der Waals surface area contributed by atoms with Crippen molar-refractivity contribution in [3.05, 3.63) is 46.2 Å². The fraction of sp³-hybridized carbons (Fsp3) is 0.154. The Morgan fingerprint density at radius 3 is 3.05 bits per heavy atom. The van der Waals surface area contributed by atoms with Crippen molar-refractivity contribution >= 4 is 29.1 Å². The first-order valence-corrected chi connectivity index (χ1v) is 7.42. The molecule has 1 heterocycles. The highest BCUT2D eigenvalue weighted by molar-refractivity contribution is 8.00. The van der Waals surface area contributed by atoms with E-state index >= 15 is 0 Å². The highest BCUT2D eigenvalue weighted by Gasteiger charge is 2.09. The number of carboxylic acids is 1. The van der Waals surface area contributed by atoms with Gasteiger partial charge in [-0.05, 0) is 17.7 Å². The minimum absolute atomic E-state index is 0.100. The number of thioether (sulfide) groups is 1. The number of nitriles is 1. The van der Waals surface area contributed by atoms with E-state index in [0.717, 1.165) is 9.90 Å². The molecule has 0 aliphatic rings. The van der Waals surface area contributed by atoms with E-state index in [1.807, 2.05) is 6.07 Å². The van der Waals surface area contributed by atoms with Gasteiger partial charge in [0.05, 0.1) is 23.7 Å². The maximum Gasteiger partial charge on any atom is 0.309 e. The fourth-order valence-corrected chi connectivity index (χ4v) is 3.36. The van der Waals surface area contributed by atoms with Crippen LogP contribution in [0.25, 0.3) is 0 Å². The number of rotatable bonds is 5. The fourth-order valence-electron chi connectivity index (χ4n) is 1.51. The van der Waals surface area contributed by atoms with Crippen molar-refractivity contribution in [2.24, 2.45) is 0 Å². The smallest absolute Gasteiger partial charge is 0.309 e. The normalized spacial score (nSPS) is 10.2. The maximum atomic E-state index is 13.0. The number of benzene rings is 1. The zero-order valence-corrected chi connectivity index (χ0v) is 11.8. The molecule has 0 bridgehead atoms. The van der Waals surface area contributed by atoms with Crippen LogP contribution in [0.2, 0.25) is 0 Å². The Hall–Kier alpha value is -1.91. The standard InChI is InChI=1S/C13H9FN2O2S2/c14-10-2-1-8(9(3-10)5-15)6-19-13-16-11(7-20-13)4-12(17)18/h1-3,7H,4,6H2,(H,17,18). The van der Waals surface area contributed by atoms with Gasteiger partial charge in [-0.3, -0.25) is 4.79 Å². The Bertz CT molecular complexity index is 679. The molecule has 1 aromatic heterocycles. The number of aliphatic carboxylic acids is 1. The monoisotopic (exact) mass is 308 g/mol. The van der Waals surface area contributed by atoms with E-state index in [-0.39, 0.29) is 6.42 Å². The molecule has 0 spiro atoms. The van der Waals surface area contributed by atoms with Gasteiger partial charge in [0, 0.05) is 11.1 Å². The minimum atomic E-state index is -0.919. The zero-order valence-electron chi connectivity index (χ0n) is 10.2. The minimum Gasteiger partial charge on any atom is -0.481 e. The summed E-state index contributed by atoms with van der Waals surface area (Å²) in [5, 5.41) is 19.3. The zero-order chi connectivity index (χ0) is 14.5. The second kappa shape index (κ2) is 6.50. The predicted octanol–water partition coefficient (Wildman–Crippen LogP) is 3.07. The van der Waals surface area contributed by atoms with Crippen LogP contribution in [-0.2, 0) is 17.0 Å². The first-order valence-electron chi connectivity index (χ1n) is 5.56. The molecule has 1 aromatic carbocycles. The van der Waals surface area contributed by atoms with Crippen LogP contribution in [0, 0.1) is 17.1 Å². The molecule has 2 rings (SSSR count). The van der Waals surface area contributed by atoms with Gasteiger partial charge in [-0.25, -0.2) is 9.37 Å². The van der Waals surface area contributed by atoms with Gasteiger partial charge < -0.3 is 5.11 Å². The number of hydrogen-bond acceptors (Lipinski definition) is 5. The summed E-state index contributed by atoms with van der Waals surface area (Å²) >= 11 is 2.76. The number of aromatic nitrogens is 1. The molecule has 0 aliphatic carbocycles. The average molecular weight is 308 g/mol. The number of nitrogens with zero attached hydrogens (tertiary/aromatic N) is 2. The summed E-state index contributed by atoms with van der Waals surface area (Å²) in [6, 6.07) is 6.05. The number of carboxylic acid groups (broad SMARTS) is 1. The quantitative estimate of drug-likeness (QED) is 0.859. The van der Waals surface area contributed by atoms with Gasteiger partial charge in [-0.1, -0.05) is 17.8 Å². The highest BCUT2D eigenvalue weighted by atomic mass is 32.2. The van der Waals surface area contributed by atoms with Crippen molar-refractivity contribution in [1.29, 1.82) is 5.26 Å². The Balaban J connectivity index is 2.04. The van der Waals surface area contributed by atoms with Crippen molar-refractivity contribution in [2.75, 3.05) is 0 Å². The van der Waals surface area contributed by atoms with E-state index in [4.69, 9.17) is 10.4 Å². The van der Waals surface area contributed by atoms with Crippen molar-refractivity contribution < 1.29 is 14.3 Å². The Kier molecular flexibility index (Phi) is 4.71. The molecule has 2 aromatic rings. The Morgan fingerprint density at radius 1 is 1.55 bits per heavy atom. The summed E-state index contributed by atoms with van der Waals surface area (Å²) in [6.07, 6.45) is -0.100. The van der Waals surface area contributed by atoms with Crippen LogP contribution < -0.4 is 0 Å². The van der Waals surface area contributed by atoms with Crippen molar-refractivity contribution in [3.8, 4) is 6.07 Å². The molecule has 0 saturated carbocycles. The summed E-state index contributed by atoms with van der Waals surface area (Å²) < 4.78 is 13.7. The van der Waals surface area contributed by atoms with E-state index in [1.165, 1.54) is 35.2 Å². The molecular weight excluding hydrogens is 299 g/mol. The third-order valence-electron chi connectivity index (χ3n) is 2.41. The van der Waals surface area contributed by atoms with Crippen LogP contribution in [0.1, 0.15) is 16.8 Å². The van der Waals surface area contributed by atoms with Crippen molar-refractivity contribution in [3.63, 3.8) is 0 Å². The summed E-state index contributed by atoms with van der Waals surface area (Å²) in [5.74, 6) is -0.867. The highest BCUT2D eigenvalue weighted by Crippen LogP contribution is 2.27. The lowest BCUT2D eigenvalue weighted by Gasteiger charge is -2.02. The third kappa shape index (κ3) is 3.79. The van der Waals surface area contributed by atoms with E-state index < -0.39 is 11.8 Å². The van der Waals surface area contributed by atoms with Gasteiger partial charge >= 0.3 is 5.97 Å². The number of hydrogen-bond donors (Lipinski definition) is 1. The van der Waals surface area contributed by atoms with E-state index in [9.17, 15) is 9.18 Å².